The molecule has 2 saturated carbocycles. The van der Waals surface area contributed by atoms with Crippen LogP contribution >= 0.6 is 0 Å². The normalized spacial score (nSPS) is 26.6. The summed E-state index contributed by atoms with van der Waals surface area (Å²) >= 11 is 0. The van der Waals surface area contributed by atoms with E-state index in [2.05, 4.69) is 17.4 Å². The smallest absolute Gasteiger partial charge is 0.223 e. The molecule has 2 aliphatic rings. The number of nitrogens with one attached hydrogen (secondary N) is 1. The van der Waals surface area contributed by atoms with E-state index < -0.39 is 0 Å². The fraction of sp³-hybridized carbons (Fsp3) is 0.588. The van der Waals surface area contributed by atoms with E-state index in [1.54, 1.807) is 7.11 Å². The van der Waals surface area contributed by atoms with Crippen LogP contribution in [-0.2, 0) is 9.53 Å². The van der Waals surface area contributed by atoms with E-state index in [0.717, 1.165) is 32.2 Å². The molecule has 1 aromatic carbocycles. The molecular weight excluding hydrogens is 250 g/mol. The van der Waals surface area contributed by atoms with Crippen molar-refractivity contribution in [3.05, 3.63) is 35.9 Å². The maximum Gasteiger partial charge on any atom is 0.223 e. The number of hydrogen-bond donors (Lipinski definition) is 1. The van der Waals surface area contributed by atoms with Crippen LogP contribution in [0.4, 0.5) is 0 Å². The molecule has 0 aromatic heterocycles. The van der Waals surface area contributed by atoms with Gasteiger partial charge in [-0.1, -0.05) is 30.3 Å². The van der Waals surface area contributed by atoms with Crippen molar-refractivity contribution in [2.45, 2.75) is 43.6 Å². The molecule has 3 rings (SSSR count). The molecule has 0 saturated heterocycles. The van der Waals surface area contributed by atoms with Gasteiger partial charge in [0.25, 0.3) is 0 Å². The first-order valence-corrected chi connectivity index (χ1v) is 7.62. The summed E-state index contributed by atoms with van der Waals surface area (Å²) in [5.41, 5.74) is 1.34. The largest absolute Gasteiger partial charge is 0.378 e. The Morgan fingerprint density at radius 3 is 2.70 bits per heavy atom. The number of rotatable bonds is 6. The molecule has 0 aliphatic heterocycles. The van der Waals surface area contributed by atoms with Crippen molar-refractivity contribution in [3.63, 3.8) is 0 Å². The van der Waals surface area contributed by atoms with Crippen molar-refractivity contribution in [3.8, 4) is 0 Å². The van der Waals surface area contributed by atoms with Gasteiger partial charge in [0.2, 0.25) is 5.91 Å². The van der Waals surface area contributed by atoms with Crippen LogP contribution < -0.4 is 5.32 Å². The fourth-order valence-corrected chi connectivity index (χ4v) is 3.23. The monoisotopic (exact) mass is 273 g/mol. The maximum atomic E-state index is 12.1. The highest BCUT2D eigenvalue weighted by Gasteiger charge is 2.44. The lowest BCUT2D eigenvalue weighted by Gasteiger charge is -2.40. The fourth-order valence-electron chi connectivity index (χ4n) is 3.23. The highest BCUT2D eigenvalue weighted by molar-refractivity contribution is 5.82. The molecule has 2 atom stereocenters. The van der Waals surface area contributed by atoms with Crippen molar-refractivity contribution in [1.29, 1.82) is 0 Å². The van der Waals surface area contributed by atoms with Crippen molar-refractivity contribution >= 4 is 5.91 Å². The Labute approximate surface area is 120 Å². The Bertz CT molecular complexity index is 462. The predicted octanol–water partition coefficient (Wildman–Crippen LogP) is 2.87. The lowest BCUT2D eigenvalue weighted by atomic mass is 9.77. The zero-order valence-electron chi connectivity index (χ0n) is 12.1. The minimum absolute atomic E-state index is 0.0513. The molecule has 3 nitrogen and oxygen atoms in total. The van der Waals surface area contributed by atoms with E-state index in [1.165, 1.54) is 12.0 Å². The van der Waals surface area contributed by atoms with Crippen LogP contribution in [0.2, 0.25) is 0 Å². The minimum Gasteiger partial charge on any atom is -0.378 e. The van der Waals surface area contributed by atoms with Gasteiger partial charge < -0.3 is 10.1 Å². The third-order valence-corrected chi connectivity index (χ3v) is 4.93. The third-order valence-electron chi connectivity index (χ3n) is 4.93. The Balaban J connectivity index is 1.43. The van der Waals surface area contributed by atoms with E-state index in [0.29, 0.717) is 5.92 Å². The van der Waals surface area contributed by atoms with E-state index >= 15 is 0 Å². The summed E-state index contributed by atoms with van der Waals surface area (Å²) in [5, 5.41) is 3.08. The first-order valence-electron chi connectivity index (χ1n) is 7.62. The molecular formula is C17H23NO2. The first kappa shape index (κ1) is 13.6. The van der Waals surface area contributed by atoms with Crippen LogP contribution in [0.1, 0.15) is 43.6 Å². The van der Waals surface area contributed by atoms with Gasteiger partial charge in [-0.3, -0.25) is 4.79 Å². The molecule has 3 heteroatoms. The second kappa shape index (κ2) is 5.57. The van der Waals surface area contributed by atoms with Gasteiger partial charge in [-0.05, 0) is 43.6 Å². The molecule has 108 valence electrons. The summed E-state index contributed by atoms with van der Waals surface area (Å²) in [5.74, 6) is 0.818. The van der Waals surface area contributed by atoms with Gasteiger partial charge in [-0.15, -0.1) is 0 Å². The van der Waals surface area contributed by atoms with Crippen molar-refractivity contribution in [1.82, 2.24) is 5.32 Å². The maximum absolute atomic E-state index is 12.1. The average molecular weight is 273 g/mol. The lowest BCUT2D eigenvalue weighted by Crippen LogP contribution is -2.42. The van der Waals surface area contributed by atoms with Gasteiger partial charge in [0, 0.05) is 19.6 Å². The van der Waals surface area contributed by atoms with E-state index in [9.17, 15) is 4.79 Å². The minimum atomic E-state index is 0.0513. The summed E-state index contributed by atoms with van der Waals surface area (Å²) in [4.78, 5) is 12.1. The molecule has 0 spiro atoms. The van der Waals surface area contributed by atoms with Gasteiger partial charge in [0.15, 0.2) is 0 Å². The molecule has 1 N–H and O–H groups in total. The summed E-state index contributed by atoms with van der Waals surface area (Å²) < 4.78 is 5.57. The first-order chi connectivity index (χ1) is 9.74. The zero-order chi connectivity index (χ0) is 14.0. The highest BCUT2D eigenvalue weighted by Crippen LogP contribution is 2.47. The van der Waals surface area contributed by atoms with E-state index in [4.69, 9.17) is 4.74 Å². The quantitative estimate of drug-likeness (QED) is 0.865. The van der Waals surface area contributed by atoms with Crippen LogP contribution in [0.15, 0.2) is 30.3 Å². The van der Waals surface area contributed by atoms with E-state index in [-0.39, 0.29) is 17.4 Å². The zero-order valence-corrected chi connectivity index (χ0v) is 12.1. The molecule has 0 bridgehead atoms. The Morgan fingerprint density at radius 1 is 1.35 bits per heavy atom. The topological polar surface area (TPSA) is 38.3 Å². The number of hydrogen-bond acceptors (Lipinski definition) is 2. The van der Waals surface area contributed by atoms with Gasteiger partial charge in [0.05, 0.1) is 5.60 Å². The van der Waals surface area contributed by atoms with Gasteiger partial charge in [-0.25, -0.2) is 0 Å². The molecule has 20 heavy (non-hydrogen) atoms. The molecule has 0 unspecified atom stereocenters. The second-order valence-electron chi connectivity index (χ2n) is 6.14. The Hall–Kier alpha value is -1.35. The lowest BCUT2D eigenvalue weighted by molar-refractivity contribution is -0.123. The number of benzene rings is 1. The summed E-state index contributed by atoms with van der Waals surface area (Å²) in [6, 6.07) is 10.3. The van der Waals surface area contributed by atoms with Crippen molar-refractivity contribution < 1.29 is 9.53 Å². The molecule has 1 amide bonds. The van der Waals surface area contributed by atoms with Crippen LogP contribution in [0.3, 0.4) is 0 Å². The number of methoxy groups -OCH3 is 1. The van der Waals surface area contributed by atoms with Crippen molar-refractivity contribution in [2.24, 2.45) is 5.92 Å². The van der Waals surface area contributed by atoms with Crippen LogP contribution in [0.25, 0.3) is 0 Å². The Kier molecular flexibility index (Phi) is 3.79. The molecule has 0 heterocycles. The second-order valence-corrected chi connectivity index (χ2v) is 6.14. The molecule has 2 fully saturated rings. The van der Waals surface area contributed by atoms with Crippen LogP contribution in [0, 0.1) is 5.92 Å². The molecule has 0 radical (unpaired) electrons. The SMILES string of the molecule is COC1(CCNC(=O)[C@H]2C[C@@H]2c2ccccc2)CCC1. The number of ether oxygens (including phenoxy) is 1. The number of carbonyl (C=O) groups excluding carboxylic acids is 1. The van der Waals surface area contributed by atoms with E-state index in [1.807, 2.05) is 18.2 Å². The van der Waals surface area contributed by atoms with Gasteiger partial charge in [0.1, 0.15) is 0 Å². The molecule has 1 aromatic rings. The number of amides is 1. The van der Waals surface area contributed by atoms with Gasteiger partial charge in [-0.2, -0.15) is 0 Å². The predicted molar refractivity (Wildman–Crippen MR) is 78.5 cm³/mol. The number of carbonyl (C=O) groups is 1. The van der Waals surface area contributed by atoms with Crippen molar-refractivity contribution in [2.75, 3.05) is 13.7 Å². The standard InChI is InChI=1S/C17H23NO2/c1-20-17(8-5-9-17)10-11-18-16(19)15-12-14(15)13-6-3-2-4-7-13/h2-4,6-7,14-15H,5,8-12H2,1H3,(H,18,19)/t14-,15+/m1/s1. The highest BCUT2D eigenvalue weighted by atomic mass is 16.5. The Morgan fingerprint density at radius 2 is 2.10 bits per heavy atom. The van der Waals surface area contributed by atoms with Crippen LogP contribution in [0.5, 0.6) is 0 Å². The summed E-state index contributed by atoms with van der Waals surface area (Å²) in [6.45, 7) is 0.741. The third kappa shape index (κ3) is 2.73. The summed E-state index contributed by atoms with van der Waals surface area (Å²) in [6.07, 6.45) is 5.45. The summed E-state index contributed by atoms with van der Waals surface area (Å²) in [7, 11) is 1.79. The van der Waals surface area contributed by atoms with Crippen LogP contribution in [-0.4, -0.2) is 25.2 Å². The van der Waals surface area contributed by atoms with Gasteiger partial charge >= 0.3 is 0 Å². The molecule has 2 aliphatic carbocycles. The average Bonchev–Trinajstić information content (AvgIpc) is 3.23.